The molecule has 0 aliphatic rings. The number of hydrogen-bond donors (Lipinski definition) is 2. The first-order valence-electron chi connectivity index (χ1n) is 8.37. The van der Waals surface area contributed by atoms with Crippen LogP contribution < -0.4 is 11.1 Å². The Hall–Kier alpha value is -3.74. The van der Waals surface area contributed by atoms with E-state index in [4.69, 9.17) is 10.3 Å². The first kappa shape index (κ1) is 16.7. The molecule has 0 radical (unpaired) electrons. The molecule has 4 rings (SSSR count). The van der Waals surface area contributed by atoms with Crippen LogP contribution >= 0.6 is 0 Å². The van der Waals surface area contributed by atoms with Crippen molar-refractivity contribution in [2.45, 2.75) is 13.8 Å². The van der Waals surface area contributed by atoms with Crippen molar-refractivity contribution in [3.63, 3.8) is 0 Å². The molecule has 0 atom stereocenters. The van der Waals surface area contributed by atoms with Gasteiger partial charge in [0.1, 0.15) is 5.76 Å². The molecule has 0 unspecified atom stereocenters. The monoisotopic (exact) mass is 359 g/mol. The molecule has 1 amide bonds. The van der Waals surface area contributed by atoms with E-state index in [9.17, 15) is 4.79 Å². The number of fused-ring (bicyclic) bond motifs is 1. The Bertz CT molecular complexity index is 1170. The number of benzene rings is 2. The number of aryl methyl sites for hydroxylation is 2. The summed E-state index contributed by atoms with van der Waals surface area (Å²) in [6.45, 7) is 3.68. The van der Waals surface area contributed by atoms with E-state index >= 15 is 0 Å². The number of nitrogen functional groups attached to an aromatic ring is 1. The van der Waals surface area contributed by atoms with Gasteiger partial charge in [-0.05, 0) is 48.7 Å². The summed E-state index contributed by atoms with van der Waals surface area (Å²) in [5, 5.41) is 7.54. The molecule has 134 valence electrons. The largest absolute Gasteiger partial charge is 0.368 e. The highest BCUT2D eigenvalue weighted by atomic mass is 16.5. The van der Waals surface area contributed by atoms with Crippen LogP contribution in [-0.2, 0) is 0 Å². The lowest BCUT2D eigenvalue weighted by atomic mass is 10.0. The maximum absolute atomic E-state index is 12.4. The van der Waals surface area contributed by atoms with E-state index in [1.165, 1.54) is 0 Å². The molecule has 0 aliphatic heterocycles. The predicted octanol–water partition coefficient (Wildman–Crippen LogP) is 3.74. The van der Waals surface area contributed by atoms with Crippen LogP contribution in [-0.4, -0.2) is 21.0 Å². The number of hydrogen-bond acceptors (Lipinski definition) is 6. The van der Waals surface area contributed by atoms with E-state index in [1.54, 1.807) is 19.2 Å². The zero-order valence-electron chi connectivity index (χ0n) is 14.9. The summed E-state index contributed by atoms with van der Waals surface area (Å²) in [4.78, 5) is 20.6. The van der Waals surface area contributed by atoms with Gasteiger partial charge < -0.3 is 15.6 Å². The summed E-state index contributed by atoms with van der Waals surface area (Å²) >= 11 is 0. The minimum atomic E-state index is -0.311. The third kappa shape index (κ3) is 3.35. The van der Waals surface area contributed by atoms with Crippen LogP contribution in [0.25, 0.3) is 22.0 Å². The number of amides is 1. The van der Waals surface area contributed by atoms with Gasteiger partial charge in [-0.1, -0.05) is 23.4 Å². The fourth-order valence-electron chi connectivity index (χ4n) is 2.82. The fourth-order valence-corrected chi connectivity index (χ4v) is 2.82. The lowest BCUT2D eigenvalue weighted by molar-refractivity contribution is 0.101. The summed E-state index contributed by atoms with van der Waals surface area (Å²) in [7, 11) is 0. The average molecular weight is 359 g/mol. The van der Waals surface area contributed by atoms with Gasteiger partial charge in [0.25, 0.3) is 5.91 Å². The molecule has 2 aromatic carbocycles. The minimum Gasteiger partial charge on any atom is -0.368 e. The SMILES string of the molecule is Cc1cc(C(=O)Nc2cc(-c3ccc4nc(N)ncc4c3)ccc2C)no1. The van der Waals surface area contributed by atoms with Crippen LogP contribution in [0, 0.1) is 13.8 Å². The Balaban J connectivity index is 1.67. The molecule has 7 heteroatoms. The number of nitrogens with one attached hydrogen (secondary N) is 1. The molecular formula is C20H17N5O2. The van der Waals surface area contributed by atoms with Gasteiger partial charge in [-0.25, -0.2) is 9.97 Å². The van der Waals surface area contributed by atoms with Crippen LogP contribution in [0.5, 0.6) is 0 Å². The van der Waals surface area contributed by atoms with Gasteiger partial charge >= 0.3 is 0 Å². The minimum absolute atomic E-state index is 0.248. The van der Waals surface area contributed by atoms with Gasteiger partial charge in [0.15, 0.2) is 5.69 Å². The molecule has 0 fully saturated rings. The number of aromatic nitrogens is 3. The Labute approximate surface area is 155 Å². The lowest BCUT2D eigenvalue weighted by Crippen LogP contribution is -2.13. The summed E-state index contributed by atoms with van der Waals surface area (Å²) in [6.07, 6.45) is 1.70. The fraction of sp³-hybridized carbons (Fsp3) is 0.100. The van der Waals surface area contributed by atoms with Crippen molar-refractivity contribution in [3.8, 4) is 11.1 Å². The first-order chi connectivity index (χ1) is 13.0. The zero-order chi connectivity index (χ0) is 19.0. The van der Waals surface area contributed by atoms with Crippen molar-refractivity contribution in [3.05, 3.63) is 65.7 Å². The van der Waals surface area contributed by atoms with Gasteiger partial charge in [0.2, 0.25) is 5.95 Å². The first-order valence-corrected chi connectivity index (χ1v) is 8.37. The van der Waals surface area contributed by atoms with Crippen molar-refractivity contribution in [2.24, 2.45) is 0 Å². The van der Waals surface area contributed by atoms with Gasteiger partial charge in [-0.3, -0.25) is 4.79 Å². The number of nitrogens with zero attached hydrogens (tertiary/aromatic N) is 3. The molecule has 2 heterocycles. The van der Waals surface area contributed by atoms with Crippen LogP contribution in [0.2, 0.25) is 0 Å². The lowest BCUT2D eigenvalue weighted by Gasteiger charge is -2.10. The second kappa shape index (κ2) is 6.53. The number of carbonyl (C=O) groups excluding carboxylic acids is 1. The topological polar surface area (TPSA) is 107 Å². The molecule has 3 N–H and O–H groups in total. The maximum atomic E-state index is 12.4. The quantitative estimate of drug-likeness (QED) is 0.577. The molecule has 2 aromatic heterocycles. The third-order valence-electron chi connectivity index (χ3n) is 4.28. The number of anilines is 2. The third-order valence-corrected chi connectivity index (χ3v) is 4.28. The Morgan fingerprint density at radius 1 is 1.07 bits per heavy atom. The molecule has 0 saturated heterocycles. The zero-order valence-corrected chi connectivity index (χ0v) is 14.9. The Morgan fingerprint density at radius 2 is 1.85 bits per heavy atom. The molecule has 0 bridgehead atoms. The molecule has 0 aliphatic carbocycles. The second-order valence-electron chi connectivity index (χ2n) is 6.31. The van der Waals surface area contributed by atoms with Crippen LogP contribution in [0.3, 0.4) is 0 Å². The Morgan fingerprint density at radius 3 is 2.63 bits per heavy atom. The molecule has 4 aromatic rings. The number of carbonyl (C=O) groups is 1. The van der Waals surface area contributed by atoms with E-state index in [0.29, 0.717) is 11.4 Å². The van der Waals surface area contributed by atoms with Crippen molar-refractivity contribution in [1.82, 2.24) is 15.1 Å². The molecule has 0 spiro atoms. The van der Waals surface area contributed by atoms with Crippen LogP contribution in [0.1, 0.15) is 21.8 Å². The van der Waals surface area contributed by atoms with Gasteiger partial charge in [-0.2, -0.15) is 0 Å². The van der Waals surface area contributed by atoms with Crippen molar-refractivity contribution >= 4 is 28.4 Å². The van der Waals surface area contributed by atoms with Crippen molar-refractivity contribution < 1.29 is 9.32 Å². The standard InChI is InChI=1S/C20H17N5O2/c1-11-3-4-14(9-17(11)23-19(26)18-7-12(2)27-25-18)13-5-6-16-15(8-13)10-22-20(21)24-16/h3-10H,1-2H3,(H,23,26)(H2,21,22,24). The van der Waals surface area contributed by atoms with E-state index in [1.807, 2.05) is 43.3 Å². The second-order valence-corrected chi connectivity index (χ2v) is 6.31. The number of nitrogens with two attached hydrogens (primary N) is 1. The molecular weight excluding hydrogens is 342 g/mol. The Kier molecular flexibility index (Phi) is 4.04. The predicted molar refractivity (Wildman–Crippen MR) is 103 cm³/mol. The smallest absolute Gasteiger partial charge is 0.277 e. The highest BCUT2D eigenvalue weighted by Crippen LogP contribution is 2.28. The summed E-state index contributed by atoms with van der Waals surface area (Å²) in [6, 6.07) is 13.4. The summed E-state index contributed by atoms with van der Waals surface area (Å²) < 4.78 is 4.96. The molecule has 27 heavy (non-hydrogen) atoms. The van der Waals surface area contributed by atoms with Crippen LogP contribution in [0.15, 0.2) is 53.2 Å². The number of rotatable bonds is 3. The van der Waals surface area contributed by atoms with E-state index in [0.717, 1.165) is 27.6 Å². The van der Waals surface area contributed by atoms with E-state index < -0.39 is 0 Å². The highest BCUT2D eigenvalue weighted by molar-refractivity contribution is 6.03. The van der Waals surface area contributed by atoms with Gasteiger partial charge in [0.05, 0.1) is 5.52 Å². The van der Waals surface area contributed by atoms with E-state index in [-0.39, 0.29) is 17.5 Å². The van der Waals surface area contributed by atoms with E-state index in [2.05, 4.69) is 20.4 Å². The van der Waals surface area contributed by atoms with Crippen LogP contribution in [0.4, 0.5) is 11.6 Å². The molecule has 0 saturated carbocycles. The van der Waals surface area contributed by atoms with Crippen molar-refractivity contribution in [1.29, 1.82) is 0 Å². The molecule has 7 nitrogen and oxygen atoms in total. The van der Waals surface area contributed by atoms with Gasteiger partial charge in [0, 0.05) is 23.3 Å². The van der Waals surface area contributed by atoms with Crippen molar-refractivity contribution in [2.75, 3.05) is 11.1 Å². The normalized spacial score (nSPS) is 10.9. The highest BCUT2D eigenvalue weighted by Gasteiger charge is 2.13. The summed E-state index contributed by atoms with van der Waals surface area (Å²) in [5.74, 6) is 0.526. The summed E-state index contributed by atoms with van der Waals surface area (Å²) in [5.41, 5.74) is 10.3. The van der Waals surface area contributed by atoms with Gasteiger partial charge in [-0.15, -0.1) is 0 Å². The average Bonchev–Trinajstić information content (AvgIpc) is 3.09. The maximum Gasteiger partial charge on any atom is 0.277 e.